The van der Waals surface area contributed by atoms with E-state index < -0.39 is 52.9 Å². The number of rotatable bonds is 5. The molecule has 7 rings (SSSR count). The van der Waals surface area contributed by atoms with E-state index in [0.29, 0.717) is 23.5 Å². The number of benzene rings is 1. The summed E-state index contributed by atoms with van der Waals surface area (Å²) >= 11 is 0. The van der Waals surface area contributed by atoms with E-state index in [-0.39, 0.29) is 39.8 Å². The van der Waals surface area contributed by atoms with Gasteiger partial charge in [0.05, 0.1) is 6.61 Å². The van der Waals surface area contributed by atoms with Crippen molar-refractivity contribution < 1.29 is 27.6 Å². The average molecular weight is 763 g/mol. The number of hydrogen-bond donors (Lipinski definition) is 2. The number of aliphatic hydroxyl groups excluding tert-OH is 1. The molecule has 2 aromatic rings. The monoisotopic (exact) mass is 762 g/mol. The highest BCUT2D eigenvalue weighted by atomic mass is 28.5. The Balaban J connectivity index is 1.16. The number of hydrogen-bond acceptors (Lipinski definition) is 8. The van der Waals surface area contributed by atoms with Crippen molar-refractivity contribution in [3.05, 3.63) is 67.5 Å². The van der Waals surface area contributed by atoms with Crippen LogP contribution >= 0.6 is 0 Å². The molecular formula is C41H58N2O8Si2. The van der Waals surface area contributed by atoms with Crippen molar-refractivity contribution >= 4 is 22.9 Å². The van der Waals surface area contributed by atoms with Crippen molar-refractivity contribution in [2.24, 2.45) is 17.3 Å². The van der Waals surface area contributed by atoms with Gasteiger partial charge in [-0.1, -0.05) is 80.2 Å². The molecule has 4 fully saturated rings. The molecule has 5 aliphatic rings. The van der Waals surface area contributed by atoms with Gasteiger partial charge in [-0.15, -0.1) is 0 Å². The molecule has 2 N–H and O–H groups in total. The lowest BCUT2D eigenvalue weighted by molar-refractivity contribution is -0.129. The molecule has 3 heterocycles. The first-order chi connectivity index (χ1) is 25.0. The van der Waals surface area contributed by atoms with Gasteiger partial charge >= 0.3 is 22.8 Å². The third-order valence-electron chi connectivity index (χ3n) is 13.7. The Morgan fingerprint density at radius 1 is 0.925 bits per heavy atom. The zero-order valence-corrected chi connectivity index (χ0v) is 34.9. The molecule has 2 aliphatic heterocycles. The van der Waals surface area contributed by atoms with Crippen LogP contribution in [0.5, 0.6) is 0 Å². The van der Waals surface area contributed by atoms with Crippen LogP contribution in [0.4, 0.5) is 0 Å². The van der Waals surface area contributed by atoms with Gasteiger partial charge in [-0.05, 0) is 95.3 Å². The van der Waals surface area contributed by atoms with Crippen LogP contribution in [-0.4, -0.2) is 62.5 Å². The number of H-pyrrole nitrogens is 1. The smallest absolute Gasteiger partial charge is 0.335 e. The molecule has 1 aromatic heterocycles. The number of Topliss-reactive ketones (excluding diaryl/α,β-unsaturated/α-hetero) is 1. The van der Waals surface area contributed by atoms with E-state index in [9.17, 15) is 19.5 Å². The predicted octanol–water partition coefficient (Wildman–Crippen LogP) is 6.58. The average Bonchev–Trinajstić information content (AvgIpc) is 3.57. The Bertz CT molecular complexity index is 1910. The zero-order valence-electron chi connectivity index (χ0n) is 32.9. The standard InChI is InChI=1S/C41H58N2O8Si2/c1-23(2)52(24(3)4)48-22-34-37(50-53(51-52,25(5)6)26(7)8)36(45)39(49-34)43-21-29(38(46)42-40(43)47)12-10-27-11-14-30-28(20-27)13-15-32-31(30)18-19-41(9)33(32)16-17-35(41)44/h11,14,20-21,23-26,31-34,36-37,39,45H,13,15-19,22H2,1-9H3,(H,42,46,47)/t31?,32?,33?,34-,36-,37?,39-,41+/m1/s1. The first-order valence-corrected chi connectivity index (χ1v) is 23.9. The van der Waals surface area contributed by atoms with E-state index in [0.717, 1.165) is 44.1 Å². The lowest BCUT2D eigenvalue weighted by atomic mass is 9.55. The maximum Gasteiger partial charge on any atom is 0.335 e. The Morgan fingerprint density at radius 2 is 1.62 bits per heavy atom. The number of carbonyl (C=O) groups is 1. The van der Waals surface area contributed by atoms with Crippen LogP contribution in [0.3, 0.4) is 0 Å². The highest BCUT2D eigenvalue weighted by molar-refractivity contribution is 6.84. The van der Waals surface area contributed by atoms with Gasteiger partial charge in [0.1, 0.15) is 29.7 Å². The molecule has 2 saturated heterocycles. The highest BCUT2D eigenvalue weighted by Crippen LogP contribution is 2.59. The van der Waals surface area contributed by atoms with Crippen molar-refractivity contribution in [3.63, 3.8) is 0 Å². The van der Waals surface area contributed by atoms with Gasteiger partial charge in [-0.2, -0.15) is 0 Å². The quantitative estimate of drug-likeness (QED) is 0.259. The largest absolute Gasteiger partial charge is 0.414 e. The topological polar surface area (TPSA) is 129 Å². The van der Waals surface area contributed by atoms with Gasteiger partial charge in [0.2, 0.25) is 0 Å². The van der Waals surface area contributed by atoms with E-state index in [4.69, 9.17) is 17.7 Å². The molecule has 0 spiro atoms. The minimum atomic E-state index is -3.04. The van der Waals surface area contributed by atoms with Crippen molar-refractivity contribution in [1.29, 1.82) is 0 Å². The Hall–Kier alpha value is -2.64. The number of aromatic amines is 1. The summed E-state index contributed by atoms with van der Waals surface area (Å²) in [7, 11) is -5.87. The summed E-state index contributed by atoms with van der Waals surface area (Å²) in [6.45, 7) is 19.4. The fourth-order valence-corrected chi connectivity index (χ4v) is 21.9. The number of aryl methyl sites for hydroxylation is 1. The molecule has 53 heavy (non-hydrogen) atoms. The van der Waals surface area contributed by atoms with Crippen molar-refractivity contribution in [3.8, 4) is 11.8 Å². The summed E-state index contributed by atoms with van der Waals surface area (Å²) in [6, 6.07) is 6.34. The number of aliphatic hydroxyl groups is 1. The molecule has 0 radical (unpaired) electrons. The third kappa shape index (κ3) is 6.32. The van der Waals surface area contributed by atoms with Gasteiger partial charge in [0.25, 0.3) is 5.56 Å². The number of fused-ring (bicyclic) bond motifs is 6. The number of carbonyl (C=O) groups excluding carboxylic acids is 1. The van der Waals surface area contributed by atoms with Crippen molar-refractivity contribution in [2.75, 3.05) is 6.61 Å². The van der Waals surface area contributed by atoms with Crippen LogP contribution in [0.25, 0.3) is 0 Å². The molecule has 3 aliphatic carbocycles. The normalized spacial score (nSPS) is 33.2. The van der Waals surface area contributed by atoms with Gasteiger partial charge in [-0.25, -0.2) is 4.79 Å². The Labute approximate surface area is 315 Å². The third-order valence-corrected chi connectivity index (χ3v) is 23.9. The van der Waals surface area contributed by atoms with E-state index in [2.05, 4.69) is 91.3 Å². The second kappa shape index (κ2) is 14.1. The number of ether oxygens (including phenoxy) is 1. The SMILES string of the molecule is CC(C)[Si]1(C(C)C)OC[C@H]2O[C@@H](n3cc(C#Cc4ccc5c(c4)CCC4C5CC[C@]5(C)C(=O)CCC45)c(=O)[nH]c3=O)[C@H](O)C2O[Si](C(C)C)(C(C)C)O1. The molecule has 0 bridgehead atoms. The van der Waals surface area contributed by atoms with Gasteiger partial charge in [0, 0.05) is 23.6 Å². The number of nitrogens with zero attached hydrogens (tertiary/aromatic N) is 1. The number of nitrogens with one attached hydrogen (secondary N) is 1. The number of ketones is 1. The minimum absolute atomic E-state index is 0.0552. The highest BCUT2D eigenvalue weighted by Gasteiger charge is 2.62. The first kappa shape index (κ1) is 38.6. The second-order valence-corrected chi connectivity index (χ2v) is 26.7. The van der Waals surface area contributed by atoms with Crippen LogP contribution in [0.1, 0.15) is 129 Å². The summed E-state index contributed by atoms with van der Waals surface area (Å²) in [5.41, 5.74) is 2.51. The van der Waals surface area contributed by atoms with E-state index in [1.807, 2.05) is 6.07 Å². The van der Waals surface area contributed by atoms with Crippen molar-refractivity contribution in [1.82, 2.24) is 9.55 Å². The lowest BCUT2D eigenvalue weighted by Gasteiger charge is -2.51. The molecule has 12 heteroatoms. The maximum atomic E-state index is 13.3. The molecule has 0 amide bonds. The maximum absolute atomic E-state index is 13.3. The molecule has 2 saturated carbocycles. The molecular weight excluding hydrogens is 705 g/mol. The van der Waals surface area contributed by atoms with Crippen LogP contribution in [-0.2, 0) is 28.9 Å². The summed E-state index contributed by atoms with van der Waals surface area (Å²) in [4.78, 5) is 41.5. The van der Waals surface area contributed by atoms with E-state index in [1.165, 1.54) is 21.9 Å². The fraction of sp³-hybridized carbons (Fsp3) is 0.683. The van der Waals surface area contributed by atoms with Gasteiger partial charge in [0.15, 0.2) is 6.23 Å². The minimum Gasteiger partial charge on any atom is -0.414 e. The molecule has 8 atom stereocenters. The van der Waals surface area contributed by atoms with Crippen LogP contribution in [0, 0.1) is 29.1 Å². The van der Waals surface area contributed by atoms with Gasteiger partial charge < -0.3 is 22.8 Å². The first-order valence-electron chi connectivity index (χ1n) is 19.9. The van der Waals surface area contributed by atoms with E-state index >= 15 is 0 Å². The lowest BCUT2D eigenvalue weighted by Crippen LogP contribution is -2.65. The number of aromatic nitrogens is 2. The summed E-state index contributed by atoms with van der Waals surface area (Å²) < 4.78 is 28.8. The van der Waals surface area contributed by atoms with Crippen molar-refractivity contribution in [2.45, 2.75) is 153 Å². The van der Waals surface area contributed by atoms with Crippen LogP contribution in [0.2, 0.25) is 22.2 Å². The zero-order chi connectivity index (χ0) is 38.2. The summed E-state index contributed by atoms with van der Waals surface area (Å²) in [6.07, 6.45) is 3.36. The second-order valence-electron chi connectivity index (χ2n) is 17.8. The molecule has 1 aromatic carbocycles. The Morgan fingerprint density at radius 3 is 2.30 bits per heavy atom. The van der Waals surface area contributed by atoms with E-state index in [1.54, 1.807) is 0 Å². The molecule has 4 unspecified atom stereocenters. The molecule has 10 nitrogen and oxygen atoms in total. The van der Waals surface area contributed by atoms with Crippen LogP contribution in [0.15, 0.2) is 34.0 Å². The predicted molar refractivity (Wildman–Crippen MR) is 207 cm³/mol. The summed E-state index contributed by atoms with van der Waals surface area (Å²) in [5.74, 6) is 8.12. The summed E-state index contributed by atoms with van der Waals surface area (Å²) in [5, 5.41) is 11.8. The van der Waals surface area contributed by atoms with Gasteiger partial charge in [-0.3, -0.25) is 19.1 Å². The Kier molecular flexibility index (Phi) is 10.3. The van der Waals surface area contributed by atoms with Crippen LogP contribution < -0.4 is 11.2 Å². The molecule has 288 valence electrons. The fourth-order valence-electron chi connectivity index (χ4n) is 10.7.